The first-order chi connectivity index (χ1) is 7.07. The van der Waals surface area contributed by atoms with E-state index in [2.05, 4.69) is 25.7 Å². The summed E-state index contributed by atoms with van der Waals surface area (Å²) in [4.78, 5) is 12.6. The van der Waals surface area contributed by atoms with Gasteiger partial charge in [-0.05, 0) is 26.8 Å². The van der Waals surface area contributed by atoms with Crippen molar-refractivity contribution in [2.45, 2.75) is 39.7 Å². The number of carboxylic acids is 1. The molecule has 0 saturated heterocycles. The van der Waals surface area contributed by atoms with Gasteiger partial charge < -0.3 is 9.84 Å². The summed E-state index contributed by atoms with van der Waals surface area (Å²) in [5.74, 6) is -0.802. The van der Waals surface area contributed by atoms with Gasteiger partial charge in [0.05, 0.1) is 19.6 Å². The maximum atomic E-state index is 10.2. The fraction of sp³-hybridized carbons (Fsp3) is 0.909. The molecule has 15 heavy (non-hydrogen) atoms. The van der Waals surface area contributed by atoms with Gasteiger partial charge in [0.1, 0.15) is 0 Å². The van der Waals surface area contributed by atoms with E-state index >= 15 is 0 Å². The molecule has 0 aliphatic heterocycles. The third-order valence-corrected chi connectivity index (χ3v) is 2.22. The Bertz CT molecular complexity index is 171. The van der Waals surface area contributed by atoms with Crippen LogP contribution in [0.3, 0.4) is 0 Å². The number of aliphatic carboxylic acids is 1. The fourth-order valence-electron chi connectivity index (χ4n) is 1.36. The van der Waals surface area contributed by atoms with Crippen LogP contribution >= 0.6 is 0 Å². The highest BCUT2D eigenvalue weighted by molar-refractivity contribution is 5.66. The molecule has 0 rings (SSSR count). The van der Waals surface area contributed by atoms with Crippen LogP contribution in [0.2, 0.25) is 0 Å². The van der Waals surface area contributed by atoms with E-state index in [4.69, 9.17) is 9.84 Å². The number of nitrogens with zero attached hydrogens (tertiary/aromatic N) is 1. The van der Waals surface area contributed by atoms with Crippen LogP contribution in [-0.4, -0.2) is 48.3 Å². The summed E-state index contributed by atoms with van der Waals surface area (Å²) < 4.78 is 5.25. The third kappa shape index (κ3) is 8.39. The minimum Gasteiger partial charge on any atom is -0.481 e. The van der Waals surface area contributed by atoms with Crippen LogP contribution in [0.5, 0.6) is 0 Å². The summed E-state index contributed by atoms with van der Waals surface area (Å²) in [5, 5.41) is 8.40. The molecule has 0 fully saturated rings. The predicted octanol–water partition coefficient (Wildman–Crippen LogP) is 1.60. The molecule has 0 heterocycles. The first-order valence-corrected chi connectivity index (χ1v) is 5.61. The number of hydrogen-bond donors (Lipinski definition) is 1. The van der Waals surface area contributed by atoms with Gasteiger partial charge in [0.2, 0.25) is 0 Å². The maximum absolute atomic E-state index is 10.2. The van der Waals surface area contributed by atoms with Crippen molar-refractivity contribution >= 4 is 5.97 Å². The lowest BCUT2D eigenvalue weighted by atomic mass is 10.3. The molecule has 0 radical (unpaired) electrons. The van der Waals surface area contributed by atoms with E-state index in [1.807, 2.05) is 0 Å². The average molecular weight is 217 g/mol. The molecule has 90 valence electrons. The molecule has 0 aromatic carbocycles. The van der Waals surface area contributed by atoms with Crippen LogP contribution in [0.1, 0.15) is 33.6 Å². The Hall–Kier alpha value is -0.610. The Morgan fingerprint density at radius 2 is 2.00 bits per heavy atom. The summed E-state index contributed by atoms with van der Waals surface area (Å²) in [5.41, 5.74) is 0. The monoisotopic (exact) mass is 217 g/mol. The van der Waals surface area contributed by atoms with Crippen LogP contribution in [0.25, 0.3) is 0 Å². The quantitative estimate of drug-likeness (QED) is 0.596. The van der Waals surface area contributed by atoms with Crippen molar-refractivity contribution in [3.63, 3.8) is 0 Å². The van der Waals surface area contributed by atoms with E-state index in [1.165, 1.54) is 0 Å². The Morgan fingerprint density at radius 1 is 1.33 bits per heavy atom. The van der Waals surface area contributed by atoms with Gasteiger partial charge in [0, 0.05) is 12.6 Å². The van der Waals surface area contributed by atoms with Gasteiger partial charge in [0.25, 0.3) is 0 Å². The van der Waals surface area contributed by atoms with Crippen LogP contribution in [0.4, 0.5) is 0 Å². The lowest BCUT2D eigenvalue weighted by Gasteiger charge is -2.25. The van der Waals surface area contributed by atoms with E-state index in [0.717, 1.165) is 19.5 Å². The van der Waals surface area contributed by atoms with Crippen LogP contribution < -0.4 is 0 Å². The molecule has 0 unspecified atom stereocenters. The molecule has 0 bridgehead atoms. The zero-order chi connectivity index (χ0) is 11.7. The van der Waals surface area contributed by atoms with Crippen molar-refractivity contribution in [3.8, 4) is 0 Å². The standard InChI is InChI=1S/C11H23NO3/c1-4-6-12(10(2)3)7-9-15-8-5-11(13)14/h10H,4-9H2,1-3H3,(H,13,14). The van der Waals surface area contributed by atoms with E-state index in [0.29, 0.717) is 19.3 Å². The van der Waals surface area contributed by atoms with E-state index in [-0.39, 0.29) is 6.42 Å². The molecule has 0 aliphatic carbocycles. The molecule has 0 aliphatic rings. The second-order valence-electron chi connectivity index (χ2n) is 3.89. The average Bonchev–Trinajstić information content (AvgIpc) is 2.15. The van der Waals surface area contributed by atoms with Crippen molar-refractivity contribution in [1.29, 1.82) is 0 Å². The van der Waals surface area contributed by atoms with E-state index in [9.17, 15) is 4.79 Å². The van der Waals surface area contributed by atoms with Gasteiger partial charge in [-0.25, -0.2) is 0 Å². The SMILES string of the molecule is CCCN(CCOCCC(=O)O)C(C)C. The first-order valence-electron chi connectivity index (χ1n) is 5.61. The summed E-state index contributed by atoms with van der Waals surface area (Å²) in [6.07, 6.45) is 1.22. The molecule has 0 atom stereocenters. The molecule has 0 spiro atoms. The molecule has 0 aromatic heterocycles. The number of carbonyl (C=O) groups is 1. The van der Waals surface area contributed by atoms with Crippen molar-refractivity contribution in [3.05, 3.63) is 0 Å². The number of carboxylic acid groups (broad SMARTS) is 1. The highest BCUT2D eigenvalue weighted by Gasteiger charge is 2.07. The molecule has 4 heteroatoms. The van der Waals surface area contributed by atoms with Crippen molar-refractivity contribution in [2.75, 3.05) is 26.3 Å². The molecule has 1 N–H and O–H groups in total. The van der Waals surface area contributed by atoms with Crippen molar-refractivity contribution < 1.29 is 14.6 Å². The summed E-state index contributed by atoms with van der Waals surface area (Å²) in [6.45, 7) is 9.35. The van der Waals surface area contributed by atoms with Crippen LogP contribution in [-0.2, 0) is 9.53 Å². The van der Waals surface area contributed by atoms with Crippen molar-refractivity contribution in [2.24, 2.45) is 0 Å². The minimum absolute atomic E-state index is 0.0927. The summed E-state index contributed by atoms with van der Waals surface area (Å²) in [7, 11) is 0. The Kier molecular flexibility index (Phi) is 8.33. The van der Waals surface area contributed by atoms with Crippen LogP contribution in [0, 0.1) is 0 Å². The highest BCUT2D eigenvalue weighted by atomic mass is 16.5. The smallest absolute Gasteiger partial charge is 0.305 e. The predicted molar refractivity (Wildman–Crippen MR) is 60.1 cm³/mol. The van der Waals surface area contributed by atoms with Gasteiger partial charge in [0.15, 0.2) is 0 Å². The van der Waals surface area contributed by atoms with Gasteiger partial charge in [-0.15, -0.1) is 0 Å². The molecule has 0 amide bonds. The second-order valence-corrected chi connectivity index (χ2v) is 3.89. The minimum atomic E-state index is -0.802. The van der Waals surface area contributed by atoms with Crippen molar-refractivity contribution in [1.82, 2.24) is 4.90 Å². The maximum Gasteiger partial charge on any atom is 0.305 e. The topological polar surface area (TPSA) is 49.8 Å². The van der Waals surface area contributed by atoms with E-state index < -0.39 is 5.97 Å². The van der Waals surface area contributed by atoms with Crippen LogP contribution in [0.15, 0.2) is 0 Å². The zero-order valence-electron chi connectivity index (χ0n) is 10.0. The molecular weight excluding hydrogens is 194 g/mol. The fourth-order valence-corrected chi connectivity index (χ4v) is 1.36. The molecule has 4 nitrogen and oxygen atoms in total. The second kappa shape index (κ2) is 8.68. The molecule has 0 saturated carbocycles. The Balaban J connectivity index is 3.49. The number of rotatable bonds is 9. The Morgan fingerprint density at radius 3 is 2.47 bits per heavy atom. The van der Waals surface area contributed by atoms with Gasteiger partial charge in [-0.1, -0.05) is 6.92 Å². The molecular formula is C11H23NO3. The largest absolute Gasteiger partial charge is 0.481 e. The third-order valence-electron chi connectivity index (χ3n) is 2.22. The Labute approximate surface area is 92.2 Å². The summed E-state index contributed by atoms with van der Waals surface area (Å²) in [6, 6.07) is 0.521. The lowest BCUT2D eigenvalue weighted by Crippen LogP contribution is -2.34. The number of ether oxygens (including phenoxy) is 1. The zero-order valence-corrected chi connectivity index (χ0v) is 10.0. The normalized spacial score (nSPS) is 11.3. The first kappa shape index (κ1) is 14.4. The van der Waals surface area contributed by atoms with E-state index in [1.54, 1.807) is 0 Å². The summed E-state index contributed by atoms with van der Waals surface area (Å²) >= 11 is 0. The molecule has 0 aromatic rings. The van der Waals surface area contributed by atoms with Gasteiger partial charge in [-0.2, -0.15) is 0 Å². The highest BCUT2D eigenvalue weighted by Crippen LogP contribution is 1.99. The van der Waals surface area contributed by atoms with Gasteiger partial charge in [-0.3, -0.25) is 9.69 Å². The number of hydrogen-bond acceptors (Lipinski definition) is 3. The van der Waals surface area contributed by atoms with Gasteiger partial charge >= 0.3 is 5.97 Å². The lowest BCUT2D eigenvalue weighted by molar-refractivity contribution is -0.138.